The lowest BCUT2D eigenvalue weighted by Gasteiger charge is -2.29. The molecule has 136 valence electrons. The number of hydrogen-bond donors (Lipinski definition) is 1. The molecule has 0 bridgehead atoms. The third kappa shape index (κ3) is 3.71. The van der Waals surface area contributed by atoms with Gasteiger partial charge in [-0.2, -0.15) is 13.2 Å². The van der Waals surface area contributed by atoms with E-state index in [0.717, 1.165) is 23.3 Å². The van der Waals surface area contributed by atoms with Crippen molar-refractivity contribution in [3.63, 3.8) is 0 Å². The molecule has 0 unspecified atom stereocenters. The van der Waals surface area contributed by atoms with Crippen LogP contribution in [0.15, 0.2) is 42.5 Å². The van der Waals surface area contributed by atoms with E-state index in [2.05, 4.69) is 0 Å². The number of aryl methyl sites for hydroxylation is 1. The fourth-order valence-corrected chi connectivity index (χ4v) is 3.04. The Bertz CT molecular complexity index is 844. The topological polar surface area (TPSA) is 57.6 Å². The normalized spacial score (nSPS) is 14.3. The number of anilines is 1. The molecule has 0 fully saturated rings. The zero-order valence-electron chi connectivity index (χ0n) is 13.7. The number of carbonyl (C=O) groups is 2. The average molecular weight is 363 g/mol. The molecule has 0 spiro atoms. The van der Waals surface area contributed by atoms with Gasteiger partial charge in [0.05, 0.1) is 12.0 Å². The largest absolute Gasteiger partial charge is 0.481 e. The molecular weight excluding hydrogens is 347 g/mol. The lowest BCUT2D eigenvalue weighted by molar-refractivity contribution is -0.138. The van der Waals surface area contributed by atoms with Gasteiger partial charge in [0.15, 0.2) is 0 Å². The van der Waals surface area contributed by atoms with Gasteiger partial charge in [-0.15, -0.1) is 0 Å². The Labute approximate surface area is 147 Å². The molecule has 7 heteroatoms. The number of benzene rings is 2. The molecule has 0 saturated heterocycles. The Hall–Kier alpha value is -2.83. The molecule has 0 saturated carbocycles. The molecule has 3 rings (SSSR count). The minimum absolute atomic E-state index is 0.0980. The van der Waals surface area contributed by atoms with E-state index in [1.54, 1.807) is 12.1 Å². The van der Waals surface area contributed by atoms with Gasteiger partial charge in [-0.05, 0) is 47.4 Å². The van der Waals surface area contributed by atoms with Crippen molar-refractivity contribution in [1.82, 2.24) is 0 Å². The monoisotopic (exact) mass is 363 g/mol. The number of fused-ring (bicyclic) bond motifs is 1. The SMILES string of the molecule is O=C(O)CCN1C(=O)CCc2cc(-c3ccc(C(F)(F)F)cc3)ccc21. The van der Waals surface area contributed by atoms with E-state index >= 15 is 0 Å². The van der Waals surface area contributed by atoms with Gasteiger partial charge in [-0.25, -0.2) is 0 Å². The van der Waals surface area contributed by atoms with Gasteiger partial charge in [0, 0.05) is 18.7 Å². The second-order valence-corrected chi connectivity index (χ2v) is 6.11. The number of carbonyl (C=O) groups excluding carboxylic acids is 1. The lowest BCUT2D eigenvalue weighted by Crippen LogP contribution is -2.36. The maximum absolute atomic E-state index is 12.7. The molecule has 1 aliphatic heterocycles. The highest BCUT2D eigenvalue weighted by molar-refractivity contribution is 5.97. The zero-order valence-corrected chi connectivity index (χ0v) is 13.7. The van der Waals surface area contributed by atoms with Crippen molar-refractivity contribution in [3.05, 3.63) is 53.6 Å². The maximum atomic E-state index is 12.7. The smallest absolute Gasteiger partial charge is 0.416 e. The van der Waals surface area contributed by atoms with E-state index in [1.807, 2.05) is 6.07 Å². The van der Waals surface area contributed by atoms with Crippen molar-refractivity contribution in [3.8, 4) is 11.1 Å². The van der Waals surface area contributed by atoms with E-state index in [-0.39, 0.29) is 25.3 Å². The fraction of sp³-hybridized carbons (Fsp3) is 0.263. The standard InChI is InChI=1S/C19H16F3NO3/c20-19(21,22)15-5-1-12(2-6-15)13-3-7-16-14(11-13)4-8-17(24)23(16)10-9-18(25)26/h1-3,5-7,11H,4,8-10H2,(H,25,26). The summed E-state index contributed by atoms with van der Waals surface area (Å²) in [5, 5.41) is 8.83. The molecule has 0 aliphatic carbocycles. The van der Waals surface area contributed by atoms with Crippen LogP contribution in [0.4, 0.5) is 18.9 Å². The Balaban J connectivity index is 1.89. The summed E-state index contributed by atoms with van der Waals surface area (Å²) in [6, 6.07) is 10.2. The van der Waals surface area contributed by atoms with Gasteiger partial charge in [0.1, 0.15) is 0 Å². The van der Waals surface area contributed by atoms with Gasteiger partial charge in [0.2, 0.25) is 5.91 Å². The first-order valence-corrected chi connectivity index (χ1v) is 8.08. The number of halogens is 3. The molecule has 4 nitrogen and oxygen atoms in total. The van der Waals surface area contributed by atoms with Crippen molar-refractivity contribution in [1.29, 1.82) is 0 Å². The molecule has 1 heterocycles. The minimum Gasteiger partial charge on any atom is -0.481 e. The highest BCUT2D eigenvalue weighted by Crippen LogP contribution is 2.34. The number of rotatable bonds is 4. The van der Waals surface area contributed by atoms with Crippen LogP contribution < -0.4 is 4.90 Å². The van der Waals surface area contributed by atoms with Crippen LogP contribution in [-0.2, 0) is 22.2 Å². The van der Waals surface area contributed by atoms with Gasteiger partial charge in [-0.3, -0.25) is 9.59 Å². The van der Waals surface area contributed by atoms with Crippen LogP contribution in [0.25, 0.3) is 11.1 Å². The van der Waals surface area contributed by atoms with Gasteiger partial charge < -0.3 is 10.0 Å². The molecular formula is C19H16F3NO3. The first-order chi connectivity index (χ1) is 12.3. The maximum Gasteiger partial charge on any atom is 0.416 e. The highest BCUT2D eigenvalue weighted by atomic mass is 19.4. The molecule has 0 atom stereocenters. The summed E-state index contributed by atoms with van der Waals surface area (Å²) in [7, 11) is 0. The van der Waals surface area contributed by atoms with Crippen molar-refractivity contribution in [2.24, 2.45) is 0 Å². The molecule has 1 amide bonds. The molecule has 2 aromatic carbocycles. The quantitative estimate of drug-likeness (QED) is 0.889. The number of hydrogen-bond acceptors (Lipinski definition) is 2. The molecule has 2 aromatic rings. The van der Waals surface area contributed by atoms with Crippen LogP contribution in [0.1, 0.15) is 24.0 Å². The summed E-state index contributed by atoms with van der Waals surface area (Å²) in [5.74, 6) is -1.10. The molecule has 1 aliphatic rings. The predicted octanol–water partition coefficient (Wildman–Crippen LogP) is 4.13. The van der Waals surface area contributed by atoms with E-state index in [4.69, 9.17) is 5.11 Å². The third-order valence-corrected chi connectivity index (χ3v) is 4.37. The predicted molar refractivity (Wildman–Crippen MR) is 89.8 cm³/mol. The molecule has 0 radical (unpaired) electrons. The first-order valence-electron chi connectivity index (χ1n) is 8.08. The van der Waals surface area contributed by atoms with E-state index in [0.29, 0.717) is 17.7 Å². The Morgan fingerprint density at radius 2 is 1.69 bits per heavy atom. The second kappa shape index (κ2) is 6.82. The van der Waals surface area contributed by atoms with E-state index in [1.165, 1.54) is 17.0 Å². The van der Waals surface area contributed by atoms with Crippen molar-refractivity contribution in [2.45, 2.75) is 25.4 Å². The summed E-state index contributed by atoms with van der Waals surface area (Å²) in [4.78, 5) is 24.3. The second-order valence-electron chi connectivity index (χ2n) is 6.11. The highest BCUT2D eigenvalue weighted by Gasteiger charge is 2.30. The number of carboxylic acids is 1. The van der Waals surface area contributed by atoms with Crippen LogP contribution in [0.2, 0.25) is 0 Å². The summed E-state index contributed by atoms with van der Waals surface area (Å²) >= 11 is 0. The average Bonchev–Trinajstić information content (AvgIpc) is 2.59. The lowest BCUT2D eigenvalue weighted by atomic mass is 9.95. The van der Waals surface area contributed by atoms with Crippen LogP contribution in [0.3, 0.4) is 0 Å². The number of carboxylic acid groups (broad SMARTS) is 1. The fourth-order valence-electron chi connectivity index (χ4n) is 3.04. The van der Waals surface area contributed by atoms with Crippen molar-refractivity contribution >= 4 is 17.6 Å². The van der Waals surface area contributed by atoms with Gasteiger partial charge in [-0.1, -0.05) is 18.2 Å². The number of aliphatic carboxylic acids is 1. The first kappa shape index (κ1) is 18.0. The molecule has 0 aromatic heterocycles. The third-order valence-electron chi connectivity index (χ3n) is 4.37. The minimum atomic E-state index is -4.38. The van der Waals surface area contributed by atoms with Crippen molar-refractivity contribution < 1.29 is 27.9 Å². The zero-order chi connectivity index (χ0) is 18.9. The summed E-state index contributed by atoms with van der Waals surface area (Å²) in [5.41, 5.74) is 2.25. The molecule has 1 N–H and O–H groups in total. The Morgan fingerprint density at radius 1 is 1.04 bits per heavy atom. The van der Waals surface area contributed by atoms with Crippen LogP contribution >= 0.6 is 0 Å². The van der Waals surface area contributed by atoms with Gasteiger partial charge in [0.25, 0.3) is 0 Å². The van der Waals surface area contributed by atoms with Gasteiger partial charge >= 0.3 is 12.1 Å². The summed E-state index contributed by atoms with van der Waals surface area (Å²) in [6.45, 7) is 0.0980. The Kier molecular flexibility index (Phi) is 4.71. The van der Waals surface area contributed by atoms with E-state index in [9.17, 15) is 22.8 Å². The number of alkyl halides is 3. The summed E-state index contributed by atoms with van der Waals surface area (Å²) < 4.78 is 38.0. The number of nitrogens with zero attached hydrogens (tertiary/aromatic N) is 1. The Morgan fingerprint density at radius 3 is 2.31 bits per heavy atom. The molecule has 26 heavy (non-hydrogen) atoms. The van der Waals surface area contributed by atoms with Crippen LogP contribution in [0, 0.1) is 0 Å². The summed E-state index contributed by atoms with van der Waals surface area (Å²) in [6.07, 6.45) is -3.72. The van der Waals surface area contributed by atoms with E-state index < -0.39 is 17.7 Å². The van der Waals surface area contributed by atoms with Crippen LogP contribution in [-0.4, -0.2) is 23.5 Å². The van der Waals surface area contributed by atoms with Crippen molar-refractivity contribution in [2.75, 3.05) is 11.4 Å². The van der Waals surface area contributed by atoms with Crippen LogP contribution in [0.5, 0.6) is 0 Å². The number of amides is 1.